The Labute approximate surface area is 321 Å². The predicted molar refractivity (Wildman–Crippen MR) is 214 cm³/mol. The van der Waals surface area contributed by atoms with Crippen molar-refractivity contribution < 1.29 is 40.8 Å². The van der Waals surface area contributed by atoms with Gasteiger partial charge in [-0.3, -0.25) is 0 Å². The quantitative estimate of drug-likeness (QED) is 0.0895. The van der Waals surface area contributed by atoms with Gasteiger partial charge in [0.15, 0.2) is 0 Å². The molecule has 2 rings (SSSR count). The summed E-state index contributed by atoms with van der Waals surface area (Å²) in [4.78, 5) is 0. The van der Waals surface area contributed by atoms with E-state index >= 15 is 0 Å². The molecule has 0 atom stereocenters. The Morgan fingerprint density at radius 1 is 0.370 bits per heavy atom. The molecule has 0 radical (unpaired) electrons. The first-order valence-electron chi connectivity index (χ1n) is 17.4. The normalized spacial score (nSPS) is 12.1. The first kappa shape index (κ1) is 49.6. The second kappa shape index (κ2) is 25.4. The standard InChI is InChI=1S/2C20H35P2.2Pd/c2*1-15(2)21(16(3)4)13-19-10-9-11-20(12-19)14-22(17(5)6)18(7)8;;/h2*10-12,15-18H,13-14H2,1-8H3;;/q2*-1;;+2. The van der Waals surface area contributed by atoms with E-state index in [4.69, 9.17) is 0 Å². The van der Waals surface area contributed by atoms with E-state index in [1.54, 1.807) is 0 Å². The van der Waals surface area contributed by atoms with Crippen LogP contribution < -0.4 is 0 Å². The summed E-state index contributed by atoms with van der Waals surface area (Å²) in [6.07, 6.45) is 5.04. The zero-order valence-corrected chi connectivity index (χ0v) is 39.0. The van der Waals surface area contributed by atoms with Gasteiger partial charge in [0.05, 0.1) is 0 Å². The van der Waals surface area contributed by atoms with Crippen LogP contribution in [0.4, 0.5) is 0 Å². The Kier molecular flexibility index (Phi) is 27.4. The summed E-state index contributed by atoms with van der Waals surface area (Å²) in [6, 6.07) is 20.6. The van der Waals surface area contributed by atoms with Crippen LogP contribution in [0.3, 0.4) is 0 Å². The molecule has 0 bridgehead atoms. The SMILES string of the molecule is CC(C)P(Cc1c[c-]cc(CP(C(C)C)C(C)C)c1)C(C)C.CC(C)P(Cc1c[c-]cc(CP(C(C)C)C(C)C)c1)C(C)C.[Pd+2].[Pd]. The summed E-state index contributed by atoms with van der Waals surface area (Å²) in [5, 5.41) is 0. The molecule has 0 aromatic heterocycles. The zero-order chi connectivity index (χ0) is 33.7. The third-order valence-corrected chi connectivity index (χ3v) is 22.1. The van der Waals surface area contributed by atoms with Crippen LogP contribution >= 0.6 is 31.7 Å². The Morgan fingerprint density at radius 2 is 0.522 bits per heavy atom. The monoisotopic (exact) mass is 886 g/mol. The molecule has 6 heteroatoms. The van der Waals surface area contributed by atoms with Gasteiger partial charge in [0.25, 0.3) is 0 Å². The number of hydrogen-bond acceptors (Lipinski definition) is 0. The minimum atomic E-state index is 0. The van der Waals surface area contributed by atoms with Crippen LogP contribution in [0.1, 0.15) is 133 Å². The largest absolute Gasteiger partial charge is 2.00 e. The second-order valence-corrected chi connectivity index (χ2v) is 28.6. The third-order valence-electron chi connectivity index (χ3n) is 8.58. The molecule has 0 aliphatic rings. The molecule has 2 aromatic rings. The van der Waals surface area contributed by atoms with E-state index < -0.39 is 0 Å². The fraction of sp³-hybridized carbons (Fsp3) is 0.700. The molecule has 0 saturated carbocycles. The van der Waals surface area contributed by atoms with Crippen LogP contribution in [0, 0.1) is 12.1 Å². The van der Waals surface area contributed by atoms with Gasteiger partial charge in [0.1, 0.15) is 0 Å². The van der Waals surface area contributed by atoms with E-state index in [1.165, 1.54) is 46.9 Å². The van der Waals surface area contributed by atoms with Crippen molar-refractivity contribution in [1.82, 2.24) is 0 Å². The van der Waals surface area contributed by atoms with Crippen molar-refractivity contribution in [3.63, 3.8) is 0 Å². The Morgan fingerprint density at radius 3 is 0.652 bits per heavy atom. The zero-order valence-electron chi connectivity index (χ0n) is 32.3. The molecule has 0 heterocycles. The fourth-order valence-corrected chi connectivity index (χ4v) is 16.3. The Bertz CT molecular complexity index is 859. The van der Waals surface area contributed by atoms with Gasteiger partial charge in [-0.1, -0.05) is 135 Å². The molecule has 0 amide bonds. The third kappa shape index (κ3) is 18.6. The molecular weight excluding hydrogens is 817 g/mol. The molecule has 0 saturated heterocycles. The Hall–Kier alpha value is 1.48. The molecule has 46 heavy (non-hydrogen) atoms. The van der Waals surface area contributed by atoms with E-state index in [9.17, 15) is 0 Å². The summed E-state index contributed by atoms with van der Waals surface area (Å²) < 4.78 is 0. The smallest absolute Gasteiger partial charge is 0.183 e. The first-order chi connectivity index (χ1) is 20.4. The minimum absolute atomic E-state index is 0. The summed E-state index contributed by atoms with van der Waals surface area (Å²) in [7, 11) is 0.291. The van der Waals surface area contributed by atoms with E-state index in [0.717, 1.165) is 45.3 Å². The van der Waals surface area contributed by atoms with Crippen LogP contribution in [0.25, 0.3) is 0 Å². The van der Waals surface area contributed by atoms with Crippen LogP contribution in [-0.2, 0) is 65.5 Å². The molecule has 0 fully saturated rings. The van der Waals surface area contributed by atoms with Crippen molar-refractivity contribution in [2.45, 2.75) is 181 Å². The van der Waals surface area contributed by atoms with E-state index in [2.05, 4.69) is 159 Å². The van der Waals surface area contributed by atoms with Crippen molar-refractivity contribution in [3.05, 3.63) is 70.8 Å². The topological polar surface area (TPSA) is 0 Å². The van der Waals surface area contributed by atoms with Crippen molar-refractivity contribution >= 4 is 31.7 Å². The van der Waals surface area contributed by atoms with Gasteiger partial charge >= 0.3 is 20.4 Å². The van der Waals surface area contributed by atoms with Crippen LogP contribution in [0.2, 0.25) is 0 Å². The molecule has 0 aliphatic carbocycles. The maximum atomic E-state index is 3.42. The van der Waals surface area contributed by atoms with Gasteiger partial charge in [0, 0.05) is 20.4 Å². The van der Waals surface area contributed by atoms with Crippen molar-refractivity contribution in [1.29, 1.82) is 0 Å². The summed E-state index contributed by atoms with van der Waals surface area (Å²) in [5.74, 6) is 0. The molecule has 2 aromatic carbocycles. The number of hydrogen-bond donors (Lipinski definition) is 0. The average Bonchev–Trinajstić information content (AvgIpc) is 2.91. The van der Waals surface area contributed by atoms with Crippen molar-refractivity contribution in [2.75, 3.05) is 0 Å². The van der Waals surface area contributed by atoms with Gasteiger partial charge in [-0.05, 0) is 45.3 Å². The van der Waals surface area contributed by atoms with Gasteiger partial charge in [0.2, 0.25) is 0 Å². The van der Waals surface area contributed by atoms with E-state index in [-0.39, 0.29) is 72.5 Å². The number of rotatable bonds is 16. The minimum Gasteiger partial charge on any atom is -0.183 e. The summed E-state index contributed by atoms with van der Waals surface area (Å²) >= 11 is 0. The molecular formula is C40H70P4Pd2. The van der Waals surface area contributed by atoms with Crippen molar-refractivity contribution in [2.24, 2.45) is 0 Å². The van der Waals surface area contributed by atoms with Gasteiger partial charge in [-0.2, -0.15) is 70.8 Å². The fourth-order valence-electron chi connectivity index (χ4n) is 6.21. The van der Waals surface area contributed by atoms with Gasteiger partial charge < -0.3 is 0 Å². The van der Waals surface area contributed by atoms with E-state index in [1.807, 2.05) is 0 Å². The van der Waals surface area contributed by atoms with Crippen LogP contribution in [0.15, 0.2) is 36.4 Å². The molecule has 0 nitrogen and oxygen atoms in total. The van der Waals surface area contributed by atoms with Crippen LogP contribution in [-0.4, -0.2) is 45.3 Å². The summed E-state index contributed by atoms with van der Waals surface area (Å²) in [5.41, 5.74) is 12.5. The maximum absolute atomic E-state index is 3.42. The molecule has 0 N–H and O–H groups in total. The molecule has 0 spiro atoms. The predicted octanol–water partition coefficient (Wildman–Crippen LogP) is 14.2. The van der Waals surface area contributed by atoms with Crippen molar-refractivity contribution in [3.8, 4) is 0 Å². The van der Waals surface area contributed by atoms with Gasteiger partial charge in [-0.25, -0.2) is 0 Å². The number of benzene rings is 2. The average molecular weight is 888 g/mol. The van der Waals surface area contributed by atoms with E-state index in [0.29, 0.717) is 0 Å². The second-order valence-electron chi connectivity index (χ2n) is 14.9. The Balaban J connectivity index is 0. The molecule has 0 aliphatic heterocycles. The van der Waals surface area contributed by atoms with Crippen LogP contribution in [0.5, 0.6) is 0 Å². The summed E-state index contributed by atoms with van der Waals surface area (Å²) in [6.45, 7) is 38.2. The van der Waals surface area contributed by atoms with Gasteiger partial charge in [-0.15, -0.1) is 31.7 Å². The molecule has 270 valence electrons. The molecule has 0 unspecified atom stereocenters. The first-order valence-corrected chi connectivity index (χ1v) is 24.1. The maximum Gasteiger partial charge on any atom is 2.00 e.